The Labute approximate surface area is 243 Å². The largest absolute Gasteiger partial charge is 0.573 e. The lowest BCUT2D eigenvalue weighted by molar-refractivity contribution is -0.274. The molecule has 1 aliphatic heterocycles. The van der Waals surface area contributed by atoms with Gasteiger partial charge in [-0.05, 0) is 74.1 Å². The number of aromatic hydroxyl groups is 2. The number of phenols is 2. The third kappa shape index (κ3) is 4.92. The third-order valence-corrected chi connectivity index (χ3v) is 8.76. The molecule has 0 saturated carbocycles. The fourth-order valence-electron chi connectivity index (χ4n) is 6.87. The highest BCUT2D eigenvalue weighted by atomic mass is 19.4. The predicted molar refractivity (Wildman–Crippen MR) is 145 cm³/mol. The maximum atomic E-state index is 13.8. The van der Waals surface area contributed by atoms with Crippen molar-refractivity contribution in [2.75, 3.05) is 6.54 Å². The van der Waals surface area contributed by atoms with Crippen molar-refractivity contribution in [3.05, 3.63) is 88.0 Å². The van der Waals surface area contributed by atoms with Crippen molar-refractivity contribution in [3.8, 4) is 17.2 Å². The van der Waals surface area contributed by atoms with Gasteiger partial charge in [-0.15, -0.1) is 13.2 Å². The summed E-state index contributed by atoms with van der Waals surface area (Å²) >= 11 is 0. The standard InChI is InChI=1S/C32H26F3NO7/c1-15-12-25(39)23-14-21-19(26(28(23)29(15)40)22-13-18(6-9-24(22)38)43-32(33,34)35)7-8-20-27(21)31(42)36(30(20)41)11-10-16-2-4-17(37)5-3-16/h2-7,9,12-13,20-21,26-27,37-38H,8,10-11,14H2,1H3. The van der Waals surface area contributed by atoms with Gasteiger partial charge in [0.1, 0.15) is 17.2 Å². The molecule has 2 N–H and O–H groups in total. The molecule has 43 heavy (non-hydrogen) atoms. The molecule has 4 unspecified atom stereocenters. The number of hydrogen-bond donors (Lipinski definition) is 2. The highest BCUT2D eigenvalue weighted by Crippen LogP contribution is 2.56. The summed E-state index contributed by atoms with van der Waals surface area (Å²) in [6.45, 7) is 1.57. The zero-order chi connectivity index (χ0) is 30.8. The van der Waals surface area contributed by atoms with Gasteiger partial charge in [0.05, 0.1) is 11.8 Å². The van der Waals surface area contributed by atoms with Crippen molar-refractivity contribution in [3.63, 3.8) is 0 Å². The number of allylic oxidation sites excluding steroid dienone is 6. The molecule has 4 atom stereocenters. The molecule has 1 heterocycles. The lowest BCUT2D eigenvalue weighted by atomic mass is 9.59. The van der Waals surface area contributed by atoms with E-state index in [1.807, 2.05) is 0 Å². The second-order valence-electron chi connectivity index (χ2n) is 11.2. The molecular weight excluding hydrogens is 567 g/mol. The van der Waals surface area contributed by atoms with Crippen LogP contribution >= 0.6 is 0 Å². The van der Waals surface area contributed by atoms with E-state index in [-0.39, 0.29) is 53.3 Å². The number of hydrogen-bond acceptors (Lipinski definition) is 7. The normalized spacial score (nSPS) is 25.3. The van der Waals surface area contributed by atoms with Crippen molar-refractivity contribution in [2.24, 2.45) is 17.8 Å². The van der Waals surface area contributed by atoms with E-state index < -0.39 is 59.0 Å². The first-order valence-corrected chi connectivity index (χ1v) is 13.8. The van der Waals surface area contributed by atoms with Crippen LogP contribution in [-0.4, -0.2) is 51.4 Å². The predicted octanol–water partition coefficient (Wildman–Crippen LogP) is 4.67. The fourth-order valence-corrected chi connectivity index (χ4v) is 6.87. The Morgan fingerprint density at radius 1 is 0.977 bits per heavy atom. The number of alkyl halides is 3. The summed E-state index contributed by atoms with van der Waals surface area (Å²) in [5.74, 6) is -6.04. The molecule has 1 saturated heterocycles. The minimum Gasteiger partial charge on any atom is -0.508 e. The van der Waals surface area contributed by atoms with Gasteiger partial charge in [0.15, 0.2) is 11.6 Å². The second-order valence-corrected chi connectivity index (χ2v) is 11.2. The highest BCUT2D eigenvalue weighted by molar-refractivity contribution is 6.24. The van der Waals surface area contributed by atoms with Crippen LogP contribution < -0.4 is 4.74 Å². The number of likely N-dealkylation sites (tertiary alicyclic amines) is 1. The number of ketones is 2. The average Bonchev–Trinajstić information content (AvgIpc) is 3.19. The molecule has 8 nitrogen and oxygen atoms in total. The molecule has 2 aromatic carbocycles. The number of nitrogens with zero attached hydrogens (tertiary/aromatic N) is 1. The molecular formula is C32H26F3NO7. The summed E-state index contributed by atoms with van der Waals surface area (Å²) in [6.07, 6.45) is -1.60. The maximum absolute atomic E-state index is 13.8. The Kier molecular flexibility index (Phi) is 6.78. The molecule has 0 radical (unpaired) electrons. The second kappa shape index (κ2) is 10.3. The Morgan fingerprint density at radius 3 is 2.40 bits per heavy atom. The van der Waals surface area contributed by atoms with Gasteiger partial charge in [-0.25, -0.2) is 0 Å². The number of amides is 2. The minimum atomic E-state index is -5.01. The number of carbonyl (C=O) groups excluding carboxylic acids is 4. The summed E-state index contributed by atoms with van der Waals surface area (Å²) in [6, 6.07) is 9.36. The van der Waals surface area contributed by atoms with Gasteiger partial charge in [-0.2, -0.15) is 0 Å². The first-order chi connectivity index (χ1) is 20.3. The molecule has 1 fully saturated rings. The van der Waals surface area contributed by atoms with Gasteiger partial charge in [-0.1, -0.05) is 23.8 Å². The van der Waals surface area contributed by atoms with E-state index in [1.165, 1.54) is 30.0 Å². The van der Waals surface area contributed by atoms with Crippen LogP contribution in [0, 0.1) is 17.8 Å². The number of phenolic OH excluding ortho intramolecular Hbond substituents is 2. The summed E-state index contributed by atoms with van der Waals surface area (Å²) < 4.78 is 43.3. The lowest BCUT2D eigenvalue weighted by Gasteiger charge is -2.42. The number of halogens is 3. The number of ether oxygens (including phenoxy) is 1. The number of benzene rings is 2. The molecule has 2 amide bonds. The molecule has 6 rings (SSSR count). The summed E-state index contributed by atoms with van der Waals surface area (Å²) in [5, 5.41) is 20.4. The van der Waals surface area contributed by atoms with Crippen molar-refractivity contribution in [1.82, 2.24) is 4.90 Å². The Bertz CT molecular complexity index is 1670. The number of carbonyl (C=O) groups is 4. The van der Waals surface area contributed by atoms with Crippen LogP contribution in [0.4, 0.5) is 13.2 Å². The van der Waals surface area contributed by atoms with E-state index in [0.717, 1.165) is 23.8 Å². The molecule has 4 aliphatic rings. The van der Waals surface area contributed by atoms with Gasteiger partial charge >= 0.3 is 6.36 Å². The summed E-state index contributed by atoms with van der Waals surface area (Å²) in [7, 11) is 0. The van der Waals surface area contributed by atoms with Crippen LogP contribution in [0.25, 0.3) is 0 Å². The van der Waals surface area contributed by atoms with E-state index in [2.05, 4.69) is 4.74 Å². The molecule has 0 bridgehead atoms. The Morgan fingerprint density at radius 2 is 1.70 bits per heavy atom. The number of imide groups is 1. The van der Waals surface area contributed by atoms with Crippen LogP contribution in [0.15, 0.2) is 76.9 Å². The van der Waals surface area contributed by atoms with Crippen LogP contribution in [0.2, 0.25) is 0 Å². The SMILES string of the molecule is CC1=CC(=O)C2=C(C1=O)C(c1cc(OC(F)(F)F)ccc1O)C1=CCC3C(=O)N(CCc4ccc(O)cc4)C(=O)C3C1C2. The molecule has 0 aromatic heterocycles. The lowest BCUT2D eigenvalue weighted by Crippen LogP contribution is -2.40. The molecule has 2 aromatic rings. The first-order valence-electron chi connectivity index (χ1n) is 13.8. The van der Waals surface area contributed by atoms with Crippen LogP contribution in [0.5, 0.6) is 17.2 Å². The first kappa shape index (κ1) is 28.4. The van der Waals surface area contributed by atoms with E-state index in [1.54, 1.807) is 18.2 Å². The number of rotatable bonds is 5. The molecule has 11 heteroatoms. The van der Waals surface area contributed by atoms with E-state index in [4.69, 9.17) is 0 Å². The topological polar surface area (TPSA) is 121 Å². The van der Waals surface area contributed by atoms with Crippen molar-refractivity contribution in [1.29, 1.82) is 0 Å². The molecule has 222 valence electrons. The number of fused-ring (bicyclic) bond motifs is 3. The smallest absolute Gasteiger partial charge is 0.508 e. The molecule has 0 spiro atoms. The van der Waals surface area contributed by atoms with Gasteiger partial charge in [0.25, 0.3) is 0 Å². The van der Waals surface area contributed by atoms with Crippen molar-refractivity contribution in [2.45, 2.75) is 38.5 Å². The monoisotopic (exact) mass is 593 g/mol. The van der Waals surface area contributed by atoms with Gasteiger partial charge in [0, 0.05) is 34.7 Å². The van der Waals surface area contributed by atoms with Gasteiger partial charge < -0.3 is 14.9 Å². The minimum absolute atomic E-state index is 0.00247. The van der Waals surface area contributed by atoms with Crippen molar-refractivity contribution >= 4 is 23.4 Å². The number of Topliss-reactive ketones (excluding diaryl/α,β-unsaturated/α-hetero) is 1. The quantitative estimate of drug-likeness (QED) is 0.294. The Balaban J connectivity index is 1.40. The van der Waals surface area contributed by atoms with Gasteiger partial charge in [0.2, 0.25) is 11.8 Å². The van der Waals surface area contributed by atoms with Crippen LogP contribution in [0.3, 0.4) is 0 Å². The van der Waals surface area contributed by atoms with Crippen LogP contribution in [-0.2, 0) is 25.6 Å². The van der Waals surface area contributed by atoms with Crippen LogP contribution in [0.1, 0.15) is 36.8 Å². The van der Waals surface area contributed by atoms with E-state index >= 15 is 0 Å². The zero-order valence-electron chi connectivity index (χ0n) is 22.9. The van der Waals surface area contributed by atoms with E-state index in [9.17, 15) is 42.6 Å². The van der Waals surface area contributed by atoms with Crippen molar-refractivity contribution < 1.29 is 47.3 Å². The fraction of sp³-hybridized carbons (Fsp3) is 0.312. The van der Waals surface area contributed by atoms with E-state index in [0.29, 0.717) is 12.0 Å². The summed E-state index contributed by atoms with van der Waals surface area (Å²) in [4.78, 5) is 55.2. The average molecular weight is 594 g/mol. The summed E-state index contributed by atoms with van der Waals surface area (Å²) in [5.41, 5.74) is 1.55. The zero-order valence-corrected chi connectivity index (χ0v) is 22.9. The highest BCUT2D eigenvalue weighted by Gasteiger charge is 2.56. The molecule has 3 aliphatic carbocycles. The Hall–Kier alpha value is -4.67. The van der Waals surface area contributed by atoms with Gasteiger partial charge in [-0.3, -0.25) is 24.1 Å². The maximum Gasteiger partial charge on any atom is 0.573 e. The third-order valence-electron chi connectivity index (χ3n) is 8.76.